The molecule has 1 spiro atoms. The predicted octanol–water partition coefficient (Wildman–Crippen LogP) is 3.43. The zero-order chi connectivity index (χ0) is 18.4. The Bertz CT molecular complexity index is 568. The first-order valence-corrected chi connectivity index (χ1v) is 9.98. The van der Waals surface area contributed by atoms with Crippen LogP contribution < -0.4 is 0 Å². The van der Waals surface area contributed by atoms with Gasteiger partial charge in [-0.3, -0.25) is 9.78 Å². The van der Waals surface area contributed by atoms with Gasteiger partial charge in [-0.1, -0.05) is 19.9 Å². The van der Waals surface area contributed by atoms with Gasteiger partial charge in [0.15, 0.2) is 0 Å². The van der Waals surface area contributed by atoms with Crippen LogP contribution in [0.5, 0.6) is 0 Å². The van der Waals surface area contributed by atoms with Gasteiger partial charge in [0.1, 0.15) is 0 Å². The van der Waals surface area contributed by atoms with Crippen LogP contribution in [0.3, 0.4) is 0 Å². The Morgan fingerprint density at radius 2 is 2.19 bits per heavy atom. The van der Waals surface area contributed by atoms with Crippen LogP contribution in [0.25, 0.3) is 0 Å². The van der Waals surface area contributed by atoms with E-state index in [-0.39, 0.29) is 5.60 Å². The molecule has 26 heavy (non-hydrogen) atoms. The van der Waals surface area contributed by atoms with Crippen molar-refractivity contribution < 1.29 is 14.3 Å². The lowest BCUT2D eigenvalue weighted by Gasteiger charge is -2.42. The van der Waals surface area contributed by atoms with Crippen LogP contribution in [-0.2, 0) is 20.9 Å². The smallest absolute Gasteiger partial charge is 0.222 e. The molecule has 3 heterocycles. The summed E-state index contributed by atoms with van der Waals surface area (Å²) in [5, 5.41) is 0. The van der Waals surface area contributed by atoms with E-state index < -0.39 is 0 Å². The lowest BCUT2D eigenvalue weighted by Crippen LogP contribution is -2.49. The third kappa shape index (κ3) is 4.83. The van der Waals surface area contributed by atoms with Gasteiger partial charge in [-0.05, 0) is 49.7 Å². The number of likely N-dealkylation sites (tertiary alicyclic amines) is 1. The molecule has 0 N–H and O–H groups in total. The molecule has 144 valence electrons. The van der Waals surface area contributed by atoms with Crippen molar-refractivity contribution in [3.05, 3.63) is 30.1 Å². The summed E-state index contributed by atoms with van der Waals surface area (Å²) in [4.78, 5) is 18.6. The summed E-state index contributed by atoms with van der Waals surface area (Å²) < 4.78 is 12.0. The number of pyridine rings is 1. The largest absolute Gasteiger partial charge is 0.375 e. The molecule has 1 aromatic rings. The maximum Gasteiger partial charge on any atom is 0.222 e. The first kappa shape index (κ1) is 19.3. The van der Waals surface area contributed by atoms with Gasteiger partial charge in [-0.25, -0.2) is 0 Å². The Morgan fingerprint density at radius 3 is 2.88 bits per heavy atom. The molecule has 0 radical (unpaired) electrons. The Labute approximate surface area is 157 Å². The minimum absolute atomic E-state index is 0.0387. The molecule has 1 amide bonds. The molecule has 1 atom stereocenters. The SMILES string of the molecule is CC(C)CC(=O)N1CCC2(CC1)OCCC2CCOCc1ccccn1. The normalized spacial score (nSPS) is 22.3. The number of nitrogens with zero attached hydrogens (tertiary/aromatic N) is 2. The summed E-state index contributed by atoms with van der Waals surface area (Å²) in [7, 11) is 0. The molecule has 0 bridgehead atoms. The molecule has 2 fully saturated rings. The zero-order valence-corrected chi connectivity index (χ0v) is 16.2. The van der Waals surface area contributed by atoms with Crippen LogP contribution in [0.2, 0.25) is 0 Å². The van der Waals surface area contributed by atoms with Gasteiger partial charge >= 0.3 is 0 Å². The third-order valence-corrected chi connectivity index (χ3v) is 5.73. The molecule has 0 aromatic carbocycles. The van der Waals surface area contributed by atoms with Crippen LogP contribution >= 0.6 is 0 Å². The highest BCUT2D eigenvalue weighted by atomic mass is 16.5. The highest BCUT2D eigenvalue weighted by Gasteiger charge is 2.46. The van der Waals surface area contributed by atoms with Gasteiger partial charge in [0.2, 0.25) is 5.91 Å². The fraction of sp³-hybridized carbons (Fsp3) is 0.714. The van der Waals surface area contributed by atoms with E-state index in [1.165, 1.54) is 0 Å². The van der Waals surface area contributed by atoms with Crippen LogP contribution in [0, 0.1) is 11.8 Å². The molecule has 1 unspecified atom stereocenters. The number of aromatic nitrogens is 1. The maximum atomic E-state index is 12.3. The molecular weight excluding hydrogens is 328 g/mol. The summed E-state index contributed by atoms with van der Waals surface area (Å²) in [5.74, 6) is 1.25. The summed E-state index contributed by atoms with van der Waals surface area (Å²) in [6.45, 7) is 8.01. The molecule has 2 aliphatic heterocycles. The molecule has 0 aliphatic carbocycles. The Kier molecular flexibility index (Phi) is 6.65. The van der Waals surface area contributed by atoms with Crippen molar-refractivity contribution in [3.8, 4) is 0 Å². The monoisotopic (exact) mass is 360 g/mol. The number of carbonyl (C=O) groups excluding carboxylic acids is 1. The highest BCUT2D eigenvalue weighted by Crippen LogP contribution is 2.42. The number of piperidine rings is 1. The van der Waals surface area contributed by atoms with Gasteiger partial charge in [0.05, 0.1) is 17.9 Å². The van der Waals surface area contributed by atoms with E-state index in [0.29, 0.717) is 30.8 Å². The van der Waals surface area contributed by atoms with Crippen LogP contribution in [0.15, 0.2) is 24.4 Å². The van der Waals surface area contributed by atoms with E-state index >= 15 is 0 Å². The lowest BCUT2D eigenvalue weighted by atomic mass is 9.78. The van der Waals surface area contributed by atoms with E-state index in [0.717, 1.165) is 57.7 Å². The van der Waals surface area contributed by atoms with Crippen molar-refractivity contribution in [1.82, 2.24) is 9.88 Å². The van der Waals surface area contributed by atoms with E-state index in [1.54, 1.807) is 6.20 Å². The van der Waals surface area contributed by atoms with Gasteiger partial charge in [-0.15, -0.1) is 0 Å². The van der Waals surface area contributed by atoms with E-state index in [9.17, 15) is 4.79 Å². The standard InChI is InChI=1S/C21H32N2O3/c1-17(2)15-20(24)23-11-8-21(9-12-23)18(7-14-26-21)6-13-25-16-19-5-3-4-10-22-19/h3-5,10,17-18H,6-9,11-16H2,1-2H3. The van der Waals surface area contributed by atoms with Gasteiger partial charge in [0.25, 0.3) is 0 Å². The van der Waals surface area contributed by atoms with Gasteiger partial charge < -0.3 is 14.4 Å². The fourth-order valence-electron chi connectivity index (χ4n) is 4.24. The molecule has 2 saturated heterocycles. The summed E-state index contributed by atoms with van der Waals surface area (Å²) in [6, 6.07) is 5.89. The van der Waals surface area contributed by atoms with Crippen molar-refractivity contribution in [1.29, 1.82) is 0 Å². The number of amides is 1. The molecule has 5 nitrogen and oxygen atoms in total. The average molecular weight is 360 g/mol. The van der Waals surface area contributed by atoms with Crippen molar-refractivity contribution in [2.45, 2.75) is 58.2 Å². The van der Waals surface area contributed by atoms with Crippen LogP contribution in [-0.4, -0.2) is 47.7 Å². The fourth-order valence-corrected chi connectivity index (χ4v) is 4.24. The predicted molar refractivity (Wildman–Crippen MR) is 101 cm³/mol. The summed E-state index contributed by atoms with van der Waals surface area (Å²) in [6.07, 6.45) is 6.49. The minimum atomic E-state index is -0.0387. The maximum absolute atomic E-state index is 12.3. The molecule has 5 heteroatoms. The number of rotatable bonds is 7. The van der Waals surface area contributed by atoms with Crippen molar-refractivity contribution in [2.24, 2.45) is 11.8 Å². The molecule has 2 aliphatic rings. The van der Waals surface area contributed by atoms with Crippen molar-refractivity contribution >= 4 is 5.91 Å². The number of hydrogen-bond donors (Lipinski definition) is 0. The first-order valence-electron chi connectivity index (χ1n) is 9.98. The van der Waals surface area contributed by atoms with Crippen molar-refractivity contribution in [2.75, 3.05) is 26.3 Å². The number of hydrogen-bond acceptors (Lipinski definition) is 4. The second kappa shape index (κ2) is 8.96. The second-order valence-electron chi connectivity index (χ2n) is 8.04. The van der Waals surface area contributed by atoms with Crippen LogP contribution in [0.1, 0.15) is 51.6 Å². The molecular formula is C21H32N2O3. The Hall–Kier alpha value is -1.46. The summed E-state index contributed by atoms with van der Waals surface area (Å²) >= 11 is 0. The van der Waals surface area contributed by atoms with Gasteiger partial charge in [-0.2, -0.15) is 0 Å². The first-order chi connectivity index (χ1) is 12.6. The van der Waals surface area contributed by atoms with Crippen molar-refractivity contribution in [3.63, 3.8) is 0 Å². The molecule has 0 saturated carbocycles. The average Bonchev–Trinajstić information content (AvgIpc) is 3.01. The minimum Gasteiger partial charge on any atom is -0.375 e. The van der Waals surface area contributed by atoms with Crippen LogP contribution in [0.4, 0.5) is 0 Å². The van der Waals surface area contributed by atoms with E-state index in [2.05, 4.69) is 18.8 Å². The number of carbonyl (C=O) groups is 1. The van der Waals surface area contributed by atoms with E-state index in [4.69, 9.17) is 9.47 Å². The molecule has 1 aromatic heterocycles. The molecule has 3 rings (SSSR count). The lowest BCUT2D eigenvalue weighted by molar-refractivity contribution is -0.138. The quantitative estimate of drug-likeness (QED) is 0.699. The highest BCUT2D eigenvalue weighted by molar-refractivity contribution is 5.76. The third-order valence-electron chi connectivity index (χ3n) is 5.73. The summed E-state index contributed by atoms with van der Waals surface area (Å²) in [5.41, 5.74) is 0.935. The Balaban J connectivity index is 1.44. The van der Waals surface area contributed by atoms with Gasteiger partial charge in [0, 0.05) is 38.9 Å². The topological polar surface area (TPSA) is 51.7 Å². The van der Waals surface area contributed by atoms with E-state index in [1.807, 2.05) is 23.1 Å². The zero-order valence-electron chi connectivity index (χ0n) is 16.2. The second-order valence-corrected chi connectivity index (χ2v) is 8.04. The Morgan fingerprint density at radius 1 is 1.38 bits per heavy atom. The number of ether oxygens (including phenoxy) is 2.